The molecule has 112 valence electrons. The van der Waals surface area contributed by atoms with Crippen LogP contribution < -0.4 is 10.1 Å². The van der Waals surface area contributed by atoms with Crippen molar-refractivity contribution < 1.29 is 4.74 Å². The van der Waals surface area contributed by atoms with E-state index >= 15 is 0 Å². The number of aryl methyl sites for hydroxylation is 2. The van der Waals surface area contributed by atoms with E-state index in [-0.39, 0.29) is 5.92 Å². The molecule has 2 rings (SSSR count). The summed E-state index contributed by atoms with van der Waals surface area (Å²) in [4.78, 5) is 9.08. The zero-order valence-corrected chi connectivity index (χ0v) is 13.6. The minimum absolute atomic E-state index is 0.250. The van der Waals surface area contributed by atoms with Gasteiger partial charge in [-0.2, -0.15) is 4.98 Å². The molecule has 0 spiro atoms. The Balaban J connectivity index is 2.42. The van der Waals surface area contributed by atoms with E-state index in [1.54, 1.807) is 0 Å². The maximum absolute atomic E-state index is 5.99. The Morgan fingerprint density at radius 2 is 1.76 bits per heavy atom. The molecule has 0 radical (unpaired) electrons. The van der Waals surface area contributed by atoms with Gasteiger partial charge in [0.05, 0.1) is 5.56 Å². The van der Waals surface area contributed by atoms with Gasteiger partial charge < -0.3 is 10.1 Å². The van der Waals surface area contributed by atoms with E-state index in [0.717, 1.165) is 23.0 Å². The molecular weight excluding hydrogens is 262 g/mol. The molecule has 0 amide bonds. The predicted octanol–water partition coefficient (Wildman–Crippen LogP) is 4.36. The van der Waals surface area contributed by atoms with Crippen LogP contribution in [0.2, 0.25) is 0 Å². The number of benzene rings is 1. The van der Waals surface area contributed by atoms with Gasteiger partial charge in [0.2, 0.25) is 5.88 Å². The lowest BCUT2D eigenvalue weighted by atomic mass is 10.1. The van der Waals surface area contributed by atoms with Crippen molar-refractivity contribution in [3.8, 4) is 11.6 Å². The maximum atomic E-state index is 5.99. The second kappa shape index (κ2) is 6.12. The zero-order chi connectivity index (χ0) is 15.6. The van der Waals surface area contributed by atoms with Crippen LogP contribution in [0.4, 0.5) is 5.82 Å². The predicted molar refractivity (Wildman–Crippen MR) is 86.4 cm³/mol. The van der Waals surface area contributed by atoms with E-state index < -0.39 is 0 Å². The van der Waals surface area contributed by atoms with Gasteiger partial charge in [0, 0.05) is 13.0 Å². The first-order valence-electron chi connectivity index (χ1n) is 7.23. The third kappa shape index (κ3) is 3.32. The molecule has 0 atom stereocenters. The van der Waals surface area contributed by atoms with E-state index in [9.17, 15) is 0 Å². The van der Waals surface area contributed by atoms with Crippen LogP contribution in [0.15, 0.2) is 18.2 Å². The molecule has 0 bridgehead atoms. The quantitative estimate of drug-likeness (QED) is 0.906. The Morgan fingerprint density at radius 1 is 1.05 bits per heavy atom. The summed E-state index contributed by atoms with van der Waals surface area (Å²) in [6, 6.07) is 6.06. The van der Waals surface area contributed by atoms with E-state index in [1.807, 2.05) is 26.1 Å². The topological polar surface area (TPSA) is 47.0 Å². The summed E-state index contributed by atoms with van der Waals surface area (Å²) in [5.74, 6) is 3.26. The van der Waals surface area contributed by atoms with Gasteiger partial charge in [-0.25, -0.2) is 4.98 Å². The molecule has 0 saturated heterocycles. The van der Waals surface area contributed by atoms with Crippen LogP contribution in [0.25, 0.3) is 0 Å². The van der Waals surface area contributed by atoms with Gasteiger partial charge in [0.15, 0.2) is 0 Å². The number of nitrogens with one attached hydrogen (secondary N) is 1. The Morgan fingerprint density at radius 3 is 2.33 bits per heavy atom. The van der Waals surface area contributed by atoms with Gasteiger partial charge in [-0.15, -0.1) is 0 Å². The summed E-state index contributed by atoms with van der Waals surface area (Å²) in [5, 5.41) is 3.11. The second-order valence-electron chi connectivity index (χ2n) is 5.61. The highest BCUT2D eigenvalue weighted by Crippen LogP contribution is 2.29. The third-order valence-corrected chi connectivity index (χ3v) is 3.56. The lowest BCUT2D eigenvalue weighted by molar-refractivity contribution is 0.452. The van der Waals surface area contributed by atoms with Crippen molar-refractivity contribution in [1.82, 2.24) is 9.97 Å². The Bertz CT molecular complexity index is 651. The average molecular weight is 285 g/mol. The van der Waals surface area contributed by atoms with Crippen molar-refractivity contribution >= 4 is 5.82 Å². The molecule has 0 aliphatic carbocycles. The van der Waals surface area contributed by atoms with Crippen molar-refractivity contribution in [3.05, 3.63) is 40.7 Å². The van der Waals surface area contributed by atoms with Gasteiger partial charge in [-0.05, 0) is 44.0 Å². The fourth-order valence-corrected chi connectivity index (χ4v) is 2.00. The first-order valence-corrected chi connectivity index (χ1v) is 7.23. The summed E-state index contributed by atoms with van der Waals surface area (Å²) >= 11 is 0. The van der Waals surface area contributed by atoms with Gasteiger partial charge in [-0.1, -0.05) is 19.9 Å². The van der Waals surface area contributed by atoms with Crippen LogP contribution in [-0.2, 0) is 0 Å². The second-order valence-corrected chi connectivity index (χ2v) is 5.61. The minimum atomic E-state index is 0.250. The van der Waals surface area contributed by atoms with Gasteiger partial charge in [0.1, 0.15) is 17.4 Å². The average Bonchev–Trinajstić information content (AvgIpc) is 2.44. The first-order chi connectivity index (χ1) is 9.92. The van der Waals surface area contributed by atoms with Crippen molar-refractivity contribution in [2.45, 2.75) is 40.5 Å². The number of aromatic nitrogens is 2. The Labute approximate surface area is 126 Å². The molecule has 21 heavy (non-hydrogen) atoms. The molecular formula is C17H23N3O. The zero-order valence-electron chi connectivity index (χ0n) is 13.6. The molecule has 1 aromatic carbocycles. The van der Waals surface area contributed by atoms with Crippen LogP contribution in [-0.4, -0.2) is 17.0 Å². The molecule has 2 aromatic rings. The summed E-state index contributed by atoms with van der Waals surface area (Å²) in [7, 11) is 1.86. The minimum Gasteiger partial charge on any atom is -0.439 e. The van der Waals surface area contributed by atoms with Crippen LogP contribution in [0.3, 0.4) is 0 Å². The molecule has 4 nitrogen and oxygen atoms in total. The lowest BCUT2D eigenvalue weighted by Crippen LogP contribution is -2.06. The smallest absolute Gasteiger partial charge is 0.227 e. The summed E-state index contributed by atoms with van der Waals surface area (Å²) in [5.41, 5.74) is 3.37. The molecule has 0 saturated carbocycles. The standard InChI is InChI=1S/C17H23N3O/c1-10(2)15-19-16(18-6)13(5)17(20-15)21-14-8-7-11(3)12(4)9-14/h7-10H,1-6H3,(H,18,19,20). The highest BCUT2D eigenvalue weighted by atomic mass is 16.5. The molecule has 1 heterocycles. The number of rotatable bonds is 4. The van der Waals surface area contributed by atoms with Crippen LogP contribution >= 0.6 is 0 Å². The number of hydrogen-bond donors (Lipinski definition) is 1. The summed E-state index contributed by atoms with van der Waals surface area (Å²) in [6.45, 7) is 10.3. The highest BCUT2D eigenvalue weighted by Gasteiger charge is 2.14. The highest BCUT2D eigenvalue weighted by molar-refractivity contribution is 5.49. The molecule has 0 aliphatic heterocycles. The van der Waals surface area contributed by atoms with Crippen molar-refractivity contribution in [3.63, 3.8) is 0 Å². The van der Waals surface area contributed by atoms with E-state index in [0.29, 0.717) is 5.88 Å². The number of hydrogen-bond acceptors (Lipinski definition) is 4. The molecule has 0 aliphatic rings. The monoisotopic (exact) mass is 285 g/mol. The van der Waals surface area contributed by atoms with Crippen molar-refractivity contribution in [1.29, 1.82) is 0 Å². The lowest BCUT2D eigenvalue weighted by Gasteiger charge is -2.14. The van der Waals surface area contributed by atoms with Gasteiger partial charge in [0.25, 0.3) is 0 Å². The van der Waals surface area contributed by atoms with Crippen molar-refractivity contribution in [2.24, 2.45) is 0 Å². The summed E-state index contributed by atoms with van der Waals surface area (Å²) < 4.78 is 5.99. The van der Waals surface area contributed by atoms with Crippen LogP contribution in [0.5, 0.6) is 11.6 Å². The maximum Gasteiger partial charge on any atom is 0.227 e. The molecule has 1 N–H and O–H groups in total. The van der Waals surface area contributed by atoms with Crippen LogP contribution in [0.1, 0.15) is 42.3 Å². The molecule has 4 heteroatoms. The normalized spacial score (nSPS) is 10.8. The fraction of sp³-hybridized carbons (Fsp3) is 0.412. The SMILES string of the molecule is CNc1nc(C(C)C)nc(Oc2ccc(C)c(C)c2)c1C. The third-order valence-electron chi connectivity index (χ3n) is 3.56. The summed E-state index contributed by atoms with van der Waals surface area (Å²) in [6.07, 6.45) is 0. The number of anilines is 1. The number of ether oxygens (including phenoxy) is 1. The van der Waals surface area contributed by atoms with E-state index in [2.05, 4.69) is 49.0 Å². The van der Waals surface area contributed by atoms with Gasteiger partial charge in [-0.3, -0.25) is 0 Å². The van der Waals surface area contributed by atoms with E-state index in [1.165, 1.54) is 11.1 Å². The molecule has 0 unspecified atom stereocenters. The molecule has 0 fully saturated rings. The number of nitrogens with zero attached hydrogens (tertiary/aromatic N) is 2. The fourth-order valence-electron chi connectivity index (χ4n) is 2.00. The molecule has 1 aromatic heterocycles. The Kier molecular flexibility index (Phi) is 4.46. The van der Waals surface area contributed by atoms with Crippen molar-refractivity contribution in [2.75, 3.05) is 12.4 Å². The Hall–Kier alpha value is -2.10. The van der Waals surface area contributed by atoms with E-state index in [4.69, 9.17) is 4.74 Å². The first kappa shape index (κ1) is 15.3. The van der Waals surface area contributed by atoms with Gasteiger partial charge >= 0.3 is 0 Å². The largest absolute Gasteiger partial charge is 0.439 e. The van der Waals surface area contributed by atoms with Crippen LogP contribution in [0, 0.1) is 20.8 Å².